The standard InChI is InChI=1S/C11H9ClN2O/c12-11-13-10(15-14-11)9-5-7-3-1-2-4-8(7)6-9/h1-4,9H,5-6H2. The van der Waals surface area contributed by atoms with Crippen molar-refractivity contribution < 1.29 is 4.52 Å². The fourth-order valence-corrected chi connectivity index (χ4v) is 2.23. The molecule has 3 rings (SSSR count). The van der Waals surface area contributed by atoms with Crippen LogP contribution in [-0.4, -0.2) is 10.1 Å². The highest BCUT2D eigenvalue weighted by atomic mass is 35.5. The van der Waals surface area contributed by atoms with E-state index in [4.69, 9.17) is 16.1 Å². The van der Waals surface area contributed by atoms with Gasteiger partial charge < -0.3 is 4.52 Å². The zero-order valence-corrected chi connectivity index (χ0v) is 8.74. The Balaban J connectivity index is 1.90. The number of benzene rings is 1. The van der Waals surface area contributed by atoms with Gasteiger partial charge in [-0.15, -0.1) is 0 Å². The van der Waals surface area contributed by atoms with Gasteiger partial charge in [0.25, 0.3) is 5.28 Å². The van der Waals surface area contributed by atoms with Crippen molar-refractivity contribution >= 4 is 11.6 Å². The van der Waals surface area contributed by atoms with Gasteiger partial charge in [-0.3, -0.25) is 0 Å². The molecule has 76 valence electrons. The zero-order valence-electron chi connectivity index (χ0n) is 7.98. The van der Waals surface area contributed by atoms with E-state index in [1.165, 1.54) is 11.1 Å². The van der Waals surface area contributed by atoms with Gasteiger partial charge in [0.05, 0.1) is 0 Å². The smallest absolute Gasteiger partial charge is 0.263 e. The molecule has 1 aromatic carbocycles. The SMILES string of the molecule is Clc1noc(C2Cc3ccccc3C2)n1. The first-order valence-corrected chi connectivity index (χ1v) is 5.26. The van der Waals surface area contributed by atoms with Crippen molar-refractivity contribution in [3.05, 3.63) is 46.6 Å². The molecule has 0 saturated carbocycles. The van der Waals surface area contributed by atoms with Gasteiger partial charge in [0.15, 0.2) is 0 Å². The molecule has 0 unspecified atom stereocenters. The highest BCUT2D eigenvalue weighted by molar-refractivity contribution is 6.28. The lowest BCUT2D eigenvalue weighted by molar-refractivity contribution is 0.355. The second kappa shape index (κ2) is 3.35. The van der Waals surface area contributed by atoms with E-state index in [0.717, 1.165) is 12.8 Å². The Labute approximate surface area is 92.1 Å². The van der Waals surface area contributed by atoms with Gasteiger partial charge in [0, 0.05) is 5.92 Å². The van der Waals surface area contributed by atoms with E-state index in [1.807, 2.05) is 0 Å². The Hall–Kier alpha value is -1.35. The van der Waals surface area contributed by atoms with E-state index < -0.39 is 0 Å². The number of aromatic nitrogens is 2. The third-order valence-corrected chi connectivity index (χ3v) is 2.97. The summed E-state index contributed by atoms with van der Waals surface area (Å²) >= 11 is 5.63. The van der Waals surface area contributed by atoms with Crippen molar-refractivity contribution in [3.63, 3.8) is 0 Å². The first kappa shape index (κ1) is 8.92. The minimum Gasteiger partial charge on any atom is -0.338 e. The summed E-state index contributed by atoms with van der Waals surface area (Å²) in [6.45, 7) is 0. The molecule has 1 aliphatic carbocycles. The second-order valence-electron chi connectivity index (χ2n) is 3.78. The molecule has 4 heteroatoms. The molecule has 0 fully saturated rings. The maximum atomic E-state index is 5.63. The summed E-state index contributed by atoms with van der Waals surface area (Å²) in [4.78, 5) is 4.06. The molecule has 1 heterocycles. The van der Waals surface area contributed by atoms with E-state index in [9.17, 15) is 0 Å². The molecule has 0 N–H and O–H groups in total. The molecule has 0 spiro atoms. The highest BCUT2D eigenvalue weighted by Crippen LogP contribution is 2.33. The normalized spacial score (nSPS) is 15.5. The van der Waals surface area contributed by atoms with Crippen molar-refractivity contribution in [2.75, 3.05) is 0 Å². The molecule has 0 atom stereocenters. The molecular formula is C11H9ClN2O. The van der Waals surface area contributed by atoms with Crippen molar-refractivity contribution in [2.24, 2.45) is 0 Å². The Morgan fingerprint density at radius 1 is 1.20 bits per heavy atom. The van der Waals surface area contributed by atoms with Crippen LogP contribution < -0.4 is 0 Å². The van der Waals surface area contributed by atoms with Crippen LogP contribution in [-0.2, 0) is 12.8 Å². The lowest BCUT2D eigenvalue weighted by atomic mass is 10.1. The third-order valence-electron chi connectivity index (χ3n) is 2.82. The predicted molar refractivity (Wildman–Crippen MR) is 55.9 cm³/mol. The van der Waals surface area contributed by atoms with Crippen LogP contribution in [0.25, 0.3) is 0 Å². The van der Waals surface area contributed by atoms with Crippen LogP contribution in [0.1, 0.15) is 22.9 Å². The Morgan fingerprint density at radius 3 is 2.40 bits per heavy atom. The van der Waals surface area contributed by atoms with Crippen LogP contribution >= 0.6 is 11.6 Å². The summed E-state index contributed by atoms with van der Waals surface area (Å²) in [6, 6.07) is 8.41. The number of fused-ring (bicyclic) bond motifs is 1. The largest absolute Gasteiger partial charge is 0.338 e. The first-order chi connectivity index (χ1) is 7.33. The summed E-state index contributed by atoms with van der Waals surface area (Å²) in [6.07, 6.45) is 1.93. The quantitative estimate of drug-likeness (QED) is 0.742. The van der Waals surface area contributed by atoms with Crippen molar-refractivity contribution in [2.45, 2.75) is 18.8 Å². The zero-order chi connectivity index (χ0) is 10.3. The van der Waals surface area contributed by atoms with Crippen LogP contribution in [0.3, 0.4) is 0 Å². The van der Waals surface area contributed by atoms with E-state index in [0.29, 0.717) is 11.8 Å². The van der Waals surface area contributed by atoms with Crippen LogP contribution in [0, 0.1) is 0 Å². The molecule has 0 amide bonds. The third kappa shape index (κ3) is 1.53. The first-order valence-electron chi connectivity index (χ1n) is 4.89. The fourth-order valence-electron chi connectivity index (χ4n) is 2.12. The summed E-state index contributed by atoms with van der Waals surface area (Å²) in [5.74, 6) is 0.943. The van der Waals surface area contributed by atoms with Crippen LogP contribution in [0.4, 0.5) is 0 Å². The molecule has 0 aliphatic heterocycles. The Bertz CT molecular complexity index is 470. The summed E-state index contributed by atoms with van der Waals surface area (Å²) in [5, 5.41) is 3.80. The van der Waals surface area contributed by atoms with E-state index >= 15 is 0 Å². The molecule has 3 nitrogen and oxygen atoms in total. The number of nitrogens with zero attached hydrogens (tertiary/aromatic N) is 2. The minimum absolute atomic E-state index is 0.195. The number of rotatable bonds is 1. The Morgan fingerprint density at radius 2 is 1.87 bits per heavy atom. The summed E-state index contributed by atoms with van der Waals surface area (Å²) in [5.41, 5.74) is 2.74. The van der Waals surface area contributed by atoms with Gasteiger partial charge >= 0.3 is 0 Å². The van der Waals surface area contributed by atoms with Gasteiger partial charge in [-0.05, 0) is 40.7 Å². The molecular weight excluding hydrogens is 212 g/mol. The molecule has 1 aliphatic rings. The lowest BCUT2D eigenvalue weighted by Crippen LogP contribution is -1.97. The average molecular weight is 221 g/mol. The number of hydrogen-bond donors (Lipinski definition) is 0. The van der Waals surface area contributed by atoms with Crippen LogP contribution in [0.5, 0.6) is 0 Å². The molecule has 0 radical (unpaired) electrons. The van der Waals surface area contributed by atoms with Crippen molar-refractivity contribution in [1.82, 2.24) is 10.1 Å². The predicted octanol–water partition coefficient (Wildman–Crippen LogP) is 2.61. The maximum Gasteiger partial charge on any atom is 0.263 e. The molecule has 15 heavy (non-hydrogen) atoms. The summed E-state index contributed by atoms with van der Waals surface area (Å²) in [7, 11) is 0. The van der Waals surface area contributed by atoms with Crippen LogP contribution in [0.15, 0.2) is 28.8 Å². The van der Waals surface area contributed by atoms with Gasteiger partial charge in [-0.1, -0.05) is 24.3 Å². The molecule has 0 bridgehead atoms. The summed E-state index contributed by atoms with van der Waals surface area (Å²) < 4.78 is 5.09. The van der Waals surface area contributed by atoms with E-state index in [2.05, 4.69) is 34.4 Å². The van der Waals surface area contributed by atoms with E-state index in [1.54, 1.807) is 0 Å². The maximum absolute atomic E-state index is 5.63. The minimum atomic E-state index is 0.195. The molecule has 0 saturated heterocycles. The second-order valence-corrected chi connectivity index (χ2v) is 4.11. The molecule has 1 aromatic heterocycles. The monoisotopic (exact) mass is 220 g/mol. The Kier molecular flexibility index (Phi) is 1.99. The van der Waals surface area contributed by atoms with Gasteiger partial charge in [0.2, 0.25) is 5.89 Å². The van der Waals surface area contributed by atoms with Crippen LogP contribution in [0.2, 0.25) is 5.28 Å². The number of halogens is 1. The van der Waals surface area contributed by atoms with Gasteiger partial charge in [-0.2, -0.15) is 4.98 Å². The highest BCUT2D eigenvalue weighted by Gasteiger charge is 2.26. The topological polar surface area (TPSA) is 38.9 Å². The average Bonchev–Trinajstić information content (AvgIpc) is 2.82. The van der Waals surface area contributed by atoms with E-state index in [-0.39, 0.29) is 5.28 Å². The fraction of sp³-hybridized carbons (Fsp3) is 0.273. The van der Waals surface area contributed by atoms with Gasteiger partial charge in [-0.25, -0.2) is 0 Å². The van der Waals surface area contributed by atoms with Crippen molar-refractivity contribution in [3.8, 4) is 0 Å². The van der Waals surface area contributed by atoms with Gasteiger partial charge in [0.1, 0.15) is 0 Å². The number of hydrogen-bond acceptors (Lipinski definition) is 3. The lowest BCUT2D eigenvalue weighted by Gasteiger charge is -1.99. The van der Waals surface area contributed by atoms with Crippen molar-refractivity contribution in [1.29, 1.82) is 0 Å². The molecule has 2 aromatic rings.